The first-order valence-electron chi connectivity index (χ1n) is 5.80. The van der Waals surface area contributed by atoms with Crippen LogP contribution in [0.1, 0.15) is 33.3 Å². The first-order chi connectivity index (χ1) is 8.06. The average Bonchev–Trinajstić information content (AvgIpc) is 2.29. The summed E-state index contributed by atoms with van der Waals surface area (Å²) >= 11 is 0. The molecule has 1 aromatic heterocycles. The molecule has 0 aliphatic rings. The van der Waals surface area contributed by atoms with Gasteiger partial charge in [0, 0.05) is 19.5 Å². The minimum atomic E-state index is 0.588. The molecule has 17 heavy (non-hydrogen) atoms. The Morgan fingerprint density at radius 1 is 1.35 bits per heavy atom. The highest BCUT2D eigenvalue weighted by atomic mass is 14.8. The third-order valence-corrected chi connectivity index (χ3v) is 1.49. The van der Waals surface area contributed by atoms with E-state index in [2.05, 4.69) is 9.98 Å². The molecule has 0 atom stereocenters. The second kappa shape index (κ2) is 12.4. The number of aliphatic imine (C=N–C) groups is 1. The molecule has 3 nitrogen and oxygen atoms in total. The third kappa shape index (κ3) is 14.4. The topological polar surface area (TPSA) is 51.3 Å². The molecule has 0 aromatic carbocycles. The molecule has 0 saturated carbocycles. The Balaban J connectivity index is 0. The Morgan fingerprint density at radius 3 is 2.18 bits per heavy atom. The monoisotopic (exact) mass is 235 g/mol. The molecule has 0 spiro atoms. The van der Waals surface area contributed by atoms with Crippen molar-refractivity contribution in [2.75, 3.05) is 12.8 Å². The molecule has 0 aliphatic carbocycles. The summed E-state index contributed by atoms with van der Waals surface area (Å²) in [5, 5.41) is 0. The van der Waals surface area contributed by atoms with Gasteiger partial charge in [-0.2, -0.15) is 0 Å². The van der Waals surface area contributed by atoms with E-state index in [1.807, 2.05) is 52.8 Å². The zero-order valence-electron chi connectivity index (χ0n) is 11.9. The minimum Gasteiger partial charge on any atom is -0.384 e. The van der Waals surface area contributed by atoms with Crippen LogP contribution in [0, 0.1) is 6.92 Å². The highest BCUT2D eigenvalue weighted by molar-refractivity contribution is 5.71. The van der Waals surface area contributed by atoms with Crippen LogP contribution in [0.3, 0.4) is 0 Å². The molecule has 0 amide bonds. The fraction of sp³-hybridized carbons (Fsp3) is 0.429. The van der Waals surface area contributed by atoms with Gasteiger partial charge in [-0.25, -0.2) is 4.98 Å². The number of nitrogens with two attached hydrogens (primary N) is 1. The average molecular weight is 235 g/mol. The van der Waals surface area contributed by atoms with Crippen LogP contribution in [-0.2, 0) is 0 Å². The molecule has 0 fully saturated rings. The Bertz CT molecular complexity index is 320. The third-order valence-electron chi connectivity index (χ3n) is 1.49. The number of aryl methyl sites for hydroxylation is 1. The lowest BCUT2D eigenvalue weighted by Gasteiger charge is -1.90. The maximum atomic E-state index is 5.35. The lowest BCUT2D eigenvalue weighted by molar-refractivity contribution is 1.30. The largest absolute Gasteiger partial charge is 0.384 e. The zero-order chi connectivity index (χ0) is 13.7. The molecule has 2 N–H and O–H groups in total. The number of hydrogen-bond acceptors (Lipinski definition) is 3. The molecule has 0 bridgehead atoms. The Hall–Kier alpha value is -1.64. The van der Waals surface area contributed by atoms with Gasteiger partial charge in [0.15, 0.2) is 0 Å². The zero-order valence-corrected chi connectivity index (χ0v) is 11.9. The number of aromatic nitrogens is 1. The van der Waals surface area contributed by atoms with Crippen LogP contribution in [0.25, 0.3) is 0 Å². The van der Waals surface area contributed by atoms with E-state index in [0.29, 0.717) is 5.82 Å². The normalized spacial score (nSPS) is 8.59. The van der Waals surface area contributed by atoms with Gasteiger partial charge in [-0.3, -0.25) is 4.99 Å². The van der Waals surface area contributed by atoms with Crippen LogP contribution in [-0.4, -0.2) is 18.2 Å². The summed E-state index contributed by atoms with van der Waals surface area (Å²) < 4.78 is 0. The van der Waals surface area contributed by atoms with Crippen molar-refractivity contribution in [3.05, 3.63) is 35.5 Å². The number of nitrogen functional groups attached to an aromatic ring is 1. The molecular formula is C14H25N3. The van der Waals surface area contributed by atoms with E-state index in [9.17, 15) is 0 Å². The van der Waals surface area contributed by atoms with Gasteiger partial charge in [0.05, 0.1) is 0 Å². The molecule has 1 rings (SSSR count). The van der Waals surface area contributed by atoms with Gasteiger partial charge in [0.2, 0.25) is 0 Å². The highest BCUT2D eigenvalue weighted by Crippen LogP contribution is 1.98. The molecule has 96 valence electrons. The first-order valence-corrected chi connectivity index (χ1v) is 5.80. The summed E-state index contributed by atoms with van der Waals surface area (Å²) in [6, 6.07) is 3.75. The van der Waals surface area contributed by atoms with E-state index in [1.54, 1.807) is 19.5 Å². The van der Waals surface area contributed by atoms with Crippen molar-refractivity contribution in [2.24, 2.45) is 4.99 Å². The van der Waals surface area contributed by atoms with Crippen molar-refractivity contribution in [2.45, 2.75) is 34.6 Å². The van der Waals surface area contributed by atoms with Gasteiger partial charge in [0.1, 0.15) is 5.82 Å². The molecule has 3 heteroatoms. The Labute approximate surface area is 105 Å². The van der Waals surface area contributed by atoms with Crippen molar-refractivity contribution in [3.63, 3.8) is 0 Å². The SMILES string of the molecule is CC.CN=CC=C(C)C.Cc1ccnc(N)c1. The summed E-state index contributed by atoms with van der Waals surface area (Å²) in [4.78, 5) is 7.59. The second-order valence-electron chi connectivity index (χ2n) is 3.41. The van der Waals surface area contributed by atoms with Gasteiger partial charge in [-0.05, 0) is 44.5 Å². The number of pyridine rings is 1. The maximum Gasteiger partial charge on any atom is 0.123 e. The van der Waals surface area contributed by atoms with E-state index in [-0.39, 0.29) is 0 Å². The summed E-state index contributed by atoms with van der Waals surface area (Å²) in [6.45, 7) is 10.1. The van der Waals surface area contributed by atoms with Crippen molar-refractivity contribution in [3.8, 4) is 0 Å². The lowest BCUT2D eigenvalue weighted by Crippen LogP contribution is -1.87. The molecule has 0 radical (unpaired) electrons. The van der Waals surface area contributed by atoms with Crippen molar-refractivity contribution >= 4 is 12.0 Å². The van der Waals surface area contributed by atoms with Gasteiger partial charge in [-0.15, -0.1) is 0 Å². The molecule has 0 unspecified atom stereocenters. The van der Waals surface area contributed by atoms with Gasteiger partial charge >= 0.3 is 0 Å². The van der Waals surface area contributed by atoms with E-state index in [4.69, 9.17) is 5.73 Å². The smallest absolute Gasteiger partial charge is 0.123 e. The number of hydrogen-bond donors (Lipinski definition) is 1. The molecule has 0 aliphatic heterocycles. The van der Waals surface area contributed by atoms with Gasteiger partial charge in [0.25, 0.3) is 0 Å². The van der Waals surface area contributed by atoms with Crippen molar-refractivity contribution in [1.82, 2.24) is 4.98 Å². The second-order valence-corrected chi connectivity index (χ2v) is 3.41. The fourth-order valence-electron chi connectivity index (χ4n) is 0.783. The van der Waals surface area contributed by atoms with Crippen LogP contribution in [0.5, 0.6) is 0 Å². The van der Waals surface area contributed by atoms with Crippen LogP contribution >= 0.6 is 0 Å². The highest BCUT2D eigenvalue weighted by Gasteiger charge is 1.82. The van der Waals surface area contributed by atoms with Crippen LogP contribution in [0.15, 0.2) is 35.0 Å². The number of rotatable bonds is 1. The van der Waals surface area contributed by atoms with Crippen LogP contribution in [0.4, 0.5) is 5.82 Å². The molecule has 1 heterocycles. The van der Waals surface area contributed by atoms with Gasteiger partial charge < -0.3 is 5.73 Å². The summed E-state index contributed by atoms with van der Waals surface area (Å²) in [5.41, 5.74) is 7.78. The quantitative estimate of drug-likeness (QED) is 0.755. The Morgan fingerprint density at radius 2 is 1.94 bits per heavy atom. The fourth-order valence-corrected chi connectivity index (χ4v) is 0.783. The number of nitrogens with zero attached hydrogens (tertiary/aromatic N) is 2. The molecule has 0 saturated heterocycles. The number of anilines is 1. The minimum absolute atomic E-state index is 0.588. The van der Waals surface area contributed by atoms with Gasteiger partial charge in [-0.1, -0.05) is 19.4 Å². The summed E-state index contributed by atoms with van der Waals surface area (Å²) in [6.07, 6.45) is 5.46. The van der Waals surface area contributed by atoms with Crippen molar-refractivity contribution < 1.29 is 0 Å². The Kier molecular flexibility index (Phi) is 13.0. The van der Waals surface area contributed by atoms with E-state index in [1.165, 1.54) is 5.57 Å². The predicted molar refractivity (Wildman–Crippen MR) is 78.6 cm³/mol. The number of allylic oxidation sites excluding steroid dienone is 2. The van der Waals surface area contributed by atoms with E-state index >= 15 is 0 Å². The molecular weight excluding hydrogens is 210 g/mol. The van der Waals surface area contributed by atoms with Crippen LogP contribution in [0.2, 0.25) is 0 Å². The standard InChI is InChI=1S/C6H8N2.C6H11N.C2H6/c1-5-2-3-8-6(7)4-5;1-6(2)4-5-7-3;1-2/h2-4H,1H3,(H2,7,8);4-5H,1-3H3;1-2H3. The lowest BCUT2D eigenvalue weighted by atomic mass is 10.3. The van der Waals surface area contributed by atoms with Crippen molar-refractivity contribution in [1.29, 1.82) is 0 Å². The van der Waals surface area contributed by atoms with E-state index < -0.39 is 0 Å². The van der Waals surface area contributed by atoms with Crippen LogP contribution < -0.4 is 5.73 Å². The maximum absolute atomic E-state index is 5.35. The summed E-state index contributed by atoms with van der Waals surface area (Å²) in [7, 11) is 1.76. The van der Waals surface area contributed by atoms with E-state index in [0.717, 1.165) is 5.56 Å². The first kappa shape index (κ1) is 17.7. The predicted octanol–water partition coefficient (Wildman–Crippen LogP) is 3.65. The molecule has 1 aromatic rings. The summed E-state index contributed by atoms with van der Waals surface area (Å²) in [5.74, 6) is 0.588.